The predicted molar refractivity (Wildman–Crippen MR) is 227 cm³/mol. The third-order valence-electron chi connectivity index (χ3n) is 14.5. The second kappa shape index (κ2) is 19.7. The van der Waals surface area contributed by atoms with E-state index < -0.39 is 90.8 Å². The normalized spacial score (nSPS) is 49.1. The van der Waals surface area contributed by atoms with Crippen LogP contribution in [0.5, 0.6) is 0 Å². The van der Waals surface area contributed by atoms with Crippen molar-refractivity contribution >= 4 is 5.97 Å². The number of rotatable bonds is 8. The van der Waals surface area contributed by atoms with Gasteiger partial charge in [0.05, 0.1) is 49.3 Å². The first-order valence-electron chi connectivity index (χ1n) is 22.9. The van der Waals surface area contributed by atoms with E-state index in [1.165, 1.54) is 0 Å². The molecule has 2 bridgehead atoms. The van der Waals surface area contributed by atoms with Gasteiger partial charge >= 0.3 is 5.97 Å². The van der Waals surface area contributed by atoms with Gasteiger partial charge in [-0.2, -0.15) is 0 Å². The summed E-state index contributed by atoms with van der Waals surface area (Å²) in [6, 6.07) is 0. The van der Waals surface area contributed by atoms with E-state index in [-0.39, 0.29) is 42.7 Å². The molecule has 4 fully saturated rings. The van der Waals surface area contributed by atoms with Crippen LogP contribution in [0.15, 0.2) is 59.3 Å². The van der Waals surface area contributed by atoms with Gasteiger partial charge in [-0.25, -0.2) is 0 Å². The second-order valence-electron chi connectivity index (χ2n) is 19.0. The summed E-state index contributed by atoms with van der Waals surface area (Å²) in [5.41, 5.74) is 0.134. The molecular weight excluding hydrogens is 801 g/mol. The molecule has 6 heterocycles. The fraction of sp³-hybridized carbons (Fsp3) is 0.771. The van der Waals surface area contributed by atoms with Crippen molar-refractivity contribution < 1.29 is 67.5 Å². The number of hydrogen-bond donors (Lipinski definition) is 3. The number of aliphatic hydroxyl groups is 3. The van der Waals surface area contributed by atoms with Crippen molar-refractivity contribution in [3.63, 3.8) is 0 Å². The first-order chi connectivity index (χ1) is 29.5. The molecule has 0 amide bonds. The third kappa shape index (κ3) is 9.64. The van der Waals surface area contributed by atoms with E-state index in [1.807, 2.05) is 32.1 Å². The molecule has 0 radical (unpaired) electrons. The van der Waals surface area contributed by atoms with Crippen molar-refractivity contribution in [2.45, 2.75) is 191 Å². The third-order valence-corrected chi connectivity index (χ3v) is 14.5. The van der Waals surface area contributed by atoms with Gasteiger partial charge < -0.3 is 62.7 Å². The first kappa shape index (κ1) is 47.6. The standard InChI is InChI=1S/C48H72O14/c1-11-25(2)43-28(5)17-18-47(62-43)23-34-20-33(61-47)16-15-27(4)42(26(3)13-12-14-32-24-55-45-40(49)29(6)19-35(46(51)58-34)48(32,45)52)59-39-22-37(54-10)44(31(8)57-39)60-38-21-36(53-9)41(50)30(7)56-38/h12-15,17-19,25-26,28,30-31,33-45,49-50,52H,11,16,20-24H2,1-10H3/b13-12+,27-15+,32-14+/t25-,26-,28-,30-,31-,33+,34-,35+,36-,37-,38-,39-,40+,41-,42-,43+,44-,45+,47+,48+/m0/s1. The molecule has 0 aromatic carbocycles. The van der Waals surface area contributed by atoms with Gasteiger partial charge in [-0.15, -0.1) is 0 Å². The fourth-order valence-electron chi connectivity index (χ4n) is 10.6. The molecule has 348 valence electrons. The lowest BCUT2D eigenvalue weighted by molar-refractivity contribution is -0.318. The molecular formula is C48H72O14. The second-order valence-corrected chi connectivity index (χ2v) is 19.0. The zero-order chi connectivity index (χ0) is 44.7. The highest BCUT2D eigenvalue weighted by atomic mass is 16.7. The minimum Gasteiger partial charge on any atom is -0.462 e. The van der Waals surface area contributed by atoms with Gasteiger partial charge in [-0.1, -0.05) is 70.6 Å². The highest BCUT2D eigenvalue weighted by Crippen LogP contribution is 2.47. The number of carbonyl (C=O) groups is 1. The van der Waals surface area contributed by atoms with Crippen LogP contribution < -0.4 is 0 Å². The summed E-state index contributed by atoms with van der Waals surface area (Å²) >= 11 is 0. The Balaban J connectivity index is 1.18. The molecule has 7 aliphatic rings. The molecule has 0 aromatic heterocycles. The Labute approximate surface area is 367 Å². The molecule has 3 N–H and O–H groups in total. The Morgan fingerprint density at radius 1 is 0.887 bits per heavy atom. The van der Waals surface area contributed by atoms with Crippen LogP contribution in [-0.2, 0) is 52.2 Å². The Kier molecular flexibility index (Phi) is 15.1. The predicted octanol–water partition coefficient (Wildman–Crippen LogP) is 5.38. The van der Waals surface area contributed by atoms with Crippen LogP contribution in [-0.4, -0.2) is 139 Å². The van der Waals surface area contributed by atoms with E-state index in [0.717, 1.165) is 12.0 Å². The molecule has 0 saturated carbocycles. The van der Waals surface area contributed by atoms with E-state index in [0.29, 0.717) is 43.3 Å². The van der Waals surface area contributed by atoms with Crippen LogP contribution in [0.2, 0.25) is 0 Å². The highest BCUT2D eigenvalue weighted by molar-refractivity contribution is 5.78. The van der Waals surface area contributed by atoms with E-state index in [9.17, 15) is 20.1 Å². The Morgan fingerprint density at radius 3 is 2.32 bits per heavy atom. The lowest BCUT2D eigenvalue weighted by Crippen LogP contribution is -2.58. The molecule has 0 aromatic rings. The summed E-state index contributed by atoms with van der Waals surface area (Å²) in [5, 5.41) is 34.2. The van der Waals surface area contributed by atoms with Crippen LogP contribution in [0.1, 0.15) is 93.9 Å². The van der Waals surface area contributed by atoms with Gasteiger partial charge in [0.25, 0.3) is 0 Å². The summed E-state index contributed by atoms with van der Waals surface area (Å²) in [6.07, 6.45) is 8.55. The first-order valence-corrected chi connectivity index (χ1v) is 22.9. The molecule has 4 saturated heterocycles. The van der Waals surface area contributed by atoms with E-state index in [2.05, 4.69) is 39.8 Å². The summed E-state index contributed by atoms with van der Waals surface area (Å²) in [7, 11) is 3.22. The number of methoxy groups -OCH3 is 2. The summed E-state index contributed by atoms with van der Waals surface area (Å²) < 4.78 is 63.7. The van der Waals surface area contributed by atoms with Crippen LogP contribution in [0.3, 0.4) is 0 Å². The van der Waals surface area contributed by atoms with Crippen LogP contribution in [0, 0.1) is 23.7 Å². The van der Waals surface area contributed by atoms with Crippen LogP contribution in [0.25, 0.3) is 0 Å². The smallest absolute Gasteiger partial charge is 0.316 e. The molecule has 14 heteroatoms. The van der Waals surface area contributed by atoms with Gasteiger partial charge in [-0.3, -0.25) is 4.79 Å². The average molecular weight is 873 g/mol. The number of ether oxygens (including phenoxy) is 10. The average Bonchev–Trinajstić information content (AvgIpc) is 3.58. The van der Waals surface area contributed by atoms with Crippen molar-refractivity contribution in [3.8, 4) is 0 Å². The highest BCUT2D eigenvalue weighted by Gasteiger charge is 2.60. The van der Waals surface area contributed by atoms with Crippen molar-refractivity contribution in [1.29, 1.82) is 0 Å². The molecule has 1 aliphatic carbocycles. The monoisotopic (exact) mass is 872 g/mol. The lowest BCUT2D eigenvalue weighted by atomic mass is 9.71. The summed E-state index contributed by atoms with van der Waals surface area (Å²) in [5.74, 6) is -2.56. The van der Waals surface area contributed by atoms with Gasteiger partial charge in [0, 0.05) is 51.7 Å². The van der Waals surface area contributed by atoms with Crippen molar-refractivity contribution in [2.24, 2.45) is 23.7 Å². The van der Waals surface area contributed by atoms with Gasteiger partial charge in [-0.05, 0) is 62.8 Å². The van der Waals surface area contributed by atoms with Gasteiger partial charge in [0.2, 0.25) is 0 Å². The molecule has 6 aliphatic heterocycles. The summed E-state index contributed by atoms with van der Waals surface area (Å²) in [6.45, 7) is 16.1. The SMILES string of the molecule is CC[C@H](C)[C@H]1O[C@]2(C=C[C@@H]1C)C[C@@H]1C[C@@H](C/C=C(\C)[C@@H](O[C@H]3C[C@H](OC)[C@@H](O[C@H]4C[C@H](OC)[C@@H](O)[C@H](C)O4)[C@H](C)O3)[C@@H](C)/C=C/C=C3\CO[C@@H]4[C@H](O)C(C)=C[C@H](C(=O)O1)[C@]34O)O2. The van der Waals surface area contributed by atoms with Gasteiger partial charge in [0.1, 0.15) is 42.0 Å². The minimum atomic E-state index is -1.84. The van der Waals surface area contributed by atoms with Crippen LogP contribution >= 0.6 is 0 Å². The molecule has 20 atom stereocenters. The maximum atomic E-state index is 14.3. The van der Waals surface area contributed by atoms with E-state index in [1.54, 1.807) is 40.2 Å². The molecule has 0 unspecified atom stereocenters. The van der Waals surface area contributed by atoms with Crippen molar-refractivity contribution in [1.82, 2.24) is 0 Å². The topological polar surface area (TPSA) is 170 Å². The number of carbonyl (C=O) groups excluding carboxylic acids is 1. The van der Waals surface area contributed by atoms with Crippen LogP contribution in [0.4, 0.5) is 0 Å². The maximum Gasteiger partial charge on any atom is 0.316 e. The molecule has 7 rings (SSSR count). The zero-order valence-corrected chi connectivity index (χ0v) is 38.2. The number of esters is 1. The number of allylic oxidation sites excluding steroid dienone is 2. The lowest BCUT2D eigenvalue weighted by Gasteiger charge is -2.48. The number of hydrogen-bond acceptors (Lipinski definition) is 14. The fourth-order valence-corrected chi connectivity index (χ4v) is 10.6. The van der Waals surface area contributed by atoms with Crippen molar-refractivity contribution in [3.05, 3.63) is 59.3 Å². The zero-order valence-electron chi connectivity index (χ0n) is 38.2. The Hall–Kier alpha value is -2.31. The molecule has 14 nitrogen and oxygen atoms in total. The quantitative estimate of drug-likeness (QED) is 0.210. The van der Waals surface area contributed by atoms with E-state index in [4.69, 9.17) is 47.4 Å². The summed E-state index contributed by atoms with van der Waals surface area (Å²) in [4.78, 5) is 14.3. The Morgan fingerprint density at radius 2 is 1.60 bits per heavy atom. The van der Waals surface area contributed by atoms with Gasteiger partial charge in [0.15, 0.2) is 18.4 Å². The number of fused-ring (bicyclic) bond motifs is 2. The largest absolute Gasteiger partial charge is 0.462 e. The minimum absolute atomic E-state index is 0.0317. The van der Waals surface area contributed by atoms with E-state index >= 15 is 0 Å². The maximum absolute atomic E-state index is 14.3. The Bertz CT molecular complexity index is 1730. The molecule has 1 spiro atoms. The molecule has 62 heavy (non-hydrogen) atoms. The number of aliphatic hydroxyl groups excluding tert-OH is 2. The van der Waals surface area contributed by atoms with Crippen molar-refractivity contribution in [2.75, 3.05) is 20.8 Å².